The average molecular weight is 375 g/mol. The molecule has 0 aliphatic heterocycles. The topological polar surface area (TPSA) is 50.3 Å². The van der Waals surface area contributed by atoms with Gasteiger partial charge < -0.3 is 0 Å². The van der Waals surface area contributed by atoms with Crippen molar-refractivity contribution in [1.29, 1.82) is 0 Å². The van der Waals surface area contributed by atoms with E-state index in [2.05, 4.69) is 20.9 Å². The molecule has 7 heteroatoms. The van der Waals surface area contributed by atoms with Crippen LogP contribution in [0.1, 0.15) is 16.1 Å². The summed E-state index contributed by atoms with van der Waals surface area (Å²) in [6, 6.07) is 6.91. The average Bonchev–Trinajstić information content (AvgIpc) is 2.84. The monoisotopic (exact) mass is 374 g/mol. The lowest BCUT2D eigenvalue weighted by Crippen LogP contribution is -2.26. The highest BCUT2D eigenvalue weighted by Crippen LogP contribution is 2.21. The molecule has 0 spiro atoms. The van der Waals surface area contributed by atoms with Gasteiger partial charge in [0.1, 0.15) is 0 Å². The summed E-state index contributed by atoms with van der Waals surface area (Å²) in [5.74, 6) is 0. The summed E-state index contributed by atoms with van der Waals surface area (Å²) < 4.78 is 26.3. The van der Waals surface area contributed by atoms with Crippen molar-refractivity contribution in [3.05, 3.63) is 45.9 Å². The fraction of sp³-hybridized carbons (Fsp3) is 0.308. The second kappa shape index (κ2) is 6.34. The first-order valence-electron chi connectivity index (χ1n) is 5.95. The molecule has 2 rings (SSSR count). The number of aryl methyl sites for hydroxylation is 1. The first-order chi connectivity index (χ1) is 9.45. The van der Waals surface area contributed by atoms with Gasteiger partial charge in [-0.1, -0.05) is 28.1 Å². The van der Waals surface area contributed by atoms with Gasteiger partial charge in [-0.2, -0.15) is 4.31 Å². The molecule has 0 atom stereocenters. The summed E-state index contributed by atoms with van der Waals surface area (Å²) >= 11 is 4.82. The van der Waals surface area contributed by atoms with E-state index in [4.69, 9.17) is 0 Å². The van der Waals surface area contributed by atoms with Crippen LogP contribution in [0, 0.1) is 6.92 Å². The molecule has 0 radical (unpaired) electrons. The highest BCUT2D eigenvalue weighted by atomic mass is 79.9. The van der Waals surface area contributed by atoms with Crippen LogP contribution in [0.5, 0.6) is 0 Å². The van der Waals surface area contributed by atoms with Crippen LogP contribution in [0.2, 0.25) is 0 Å². The van der Waals surface area contributed by atoms with Crippen LogP contribution < -0.4 is 0 Å². The molecule has 4 nitrogen and oxygen atoms in total. The molecule has 1 aromatic carbocycles. The van der Waals surface area contributed by atoms with Crippen molar-refractivity contribution in [2.24, 2.45) is 0 Å². The van der Waals surface area contributed by atoms with E-state index in [0.717, 1.165) is 16.1 Å². The number of nitrogens with zero attached hydrogens (tertiary/aromatic N) is 2. The van der Waals surface area contributed by atoms with Crippen LogP contribution in [0.3, 0.4) is 0 Å². The van der Waals surface area contributed by atoms with Gasteiger partial charge in [-0.3, -0.25) is 0 Å². The lowest BCUT2D eigenvalue weighted by Gasteiger charge is -2.16. The molecular formula is C13H15BrN2O2S2. The third-order valence-corrected chi connectivity index (χ3v) is 6.38. The van der Waals surface area contributed by atoms with Crippen LogP contribution in [0.4, 0.5) is 0 Å². The van der Waals surface area contributed by atoms with Crippen LogP contribution >= 0.6 is 27.3 Å². The van der Waals surface area contributed by atoms with E-state index in [1.54, 1.807) is 24.7 Å². The van der Waals surface area contributed by atoms with Crippen molar-refractivity contribution < 1.29 is 8.42 Å². The fourth-order valence-electron chi connectivity index (χ4n) is 1.70. The zero-order valence-electron chi connectivity index (χ0n) is 11.2. The number of rotatable bonds is 5. The summed E-state index contributed by atoms with van der Waals surface area (Å²) in [5, 5.41) is 0.712. The van der Waals surface area contributed by atoms with Crippen LogP contribution in [-0.2, 0) is 21.9 Å². The van der Waals surface area contributed by atoms with Crippen molar-refractivity contribution in [2.75, 3.05) is 7.05 Å². The molecule has 0 saturated heterocycles. The number of aromatic nitrogens is 1. The number of hydrogen-bond acceptors (Lipinski definition) is 4. The Bertz CT molecular complexity index is 681. The van der Waals surface area contributed by atoms with Gasteiger partial charge in [-0.25, -0.2) is 13.4 Å². The Morgan fingerprint density at radius 1 is 1.30 bits per heavy atom. The van der Waals surface area contributed by atoms with E-state index in [1.165, 1.54) is 15.6 Å². The number of sulfonamides is 1. The summed E-state index contributed by atoms with van der Waals surface area (Å²) in [6.45, 7) is 2.23. The smallest absolute Gasteiger partial charge is 0.243 e. The maximum absolute atomic E-state index is 12.5. The largest absolute Gasteiger partial charge is 0.250 e. The minimum Gasteiger partial charge on any atom is -0.250 e. The van der Waals surface area contributed by atoms with Gasteiger partial charge in [0.15, 0.2) is 0 Å². The lowest BCUT2D eigenvalue weighted by molar-refractivity contribution is 0.468. The molecular weight excluding hydrogens is 360 g/mol. The second-order valence-corrected chi connectivity index (χ2v) is 7.94. The van der Waals surface area contributed by atoms with Crippen LogP contribution in [0.15, 0.2) is 34.7 Å². The molecule has 1 heterocycles. The molecule has 20 heavy (non-hydrogen) atoms. The molecule has 0 fully saturated rings. The van der Waals surface area contributed by atoms with Crippen molar-refractivity contribution in [3.63, 3.8) is 0 Å². The van der Waals surface area contributed by atoms with Gasteiger partial charge in [0.2, 0.25) is 10.0 Å². The Morgan fingerprint density at radius 2 is 1.95 bits per heavy atom. The Balaban J connectivity index is 2.22. The van der Waals surface area contributed by atoms with Gasteiger partial charge in [0.05, 0.1) is 16.1 Å². The van der Waals surface area contributed by atoms with Crippen molar-refractivity contribution in [2.45, 2.75) is 23.7 Å². The van der Waals surface area contributed by atoms with E-state index in [1.807, 2.05) is 19.1 Å². The Hall–Kier alpha value is -0.760. The molecule has 1 aromatic heterocycles. The molecule has 108 valence electrons. The minimum atomic E-state index is -3.46. The highest BCUT2D eigenvalue weighted by molar-refractivity contribution is 9.08. The highest BCUT2D eigenvalue weighted by Gasteiger charge is 2.21. The molecule has 0 N–H and O–H groups in total. The maximum Gasteiger partial charge on any atom is 0.243 e. The molecule has 0 aliphatic carbocycles. The number of alkyl halides is 1. The Kier molecular flexibility index (Phi) is 4.95. The summed E-state index contributed by atoms with van der Waals surface area (Å²) in [4.78, 5) is 5.42. The summed E-state index contributed by atoms with van der Waals surface area (Å²) in [7, 11) is -1.87. The minimum absolute atomic E-state index is 0.312. The number of thiazole rings is 1. The first kappa shape index (κ1) is 15.6. The Labute approximate surface area is 131 Å². The quantitative estimate of drug-likeness (QED) is 0.755. The predicted octanol–water partition coefficient (Wildman–Crippen LogP) is 3.17. The second-order valence-electron chi connectivity index (χ2n) is 4.40. The SMILES string of the molecule is Cc1ncsc1CN(C)S(=O)(=O)c1ccc(CBr)cc1. The van der Waals surface area contributed by atoms with Crippen molar-refractivity contribution in [3.8, 4) is 0 Å². The molecule has 0 bridgehead atoms. The zero-order chi connectivity index (χ0) is 14.8. The maximum atomic E-state index is 12.5. The fourth-order valence-corrected chi connectivity index (χ4v) is 4.12. The normalized spacial score (nSPS) is 12.0. The zero-order valence-corrected chi connectivity index (χ0v) is 14.4. The van der Waals surface area contributed by atoms with Crippen LogP contribution in [-0.4, -0.2) is 24.8 Å². The first-order valence-corrected chi connectivity index (χ1v) is 9.39. The van der Waals surface area contributed by atoms with Crippen LogP contribution in [0.25, 0.3) is 0 Å². The predicted molar refractivity (Wildman–Crippen MR) is 84.6 cm³/mol. The van der Waals surface area contributed by atoms with E-state index >= 15 is 0 Å². The number of halogens is 1. The third-order valence-electron chi connectivity index (χ3n) is 3.00. The van der Waals surface area contributed by atoms with Gasteiger partial charge in [-0.15, -0.1) is 11.3 Å². The number of hydrogen-bond donors (Lipinski definition) is 0. The van der Waals surface area contributed by atoms with E-state index in [0.29, 0.717) is 16.8 Å². The van der Waals surface area contributed by atoms with E-state index in [-0.39, 0.29) is 0 Å². The molecule has 0 aliphatic rings. The third kappa shape index (κ3) is 3.28. The molecule has 0 unspecified atom stereocenters. The summed E-state index contributed by atoms with van der Waals surface area (Å²) in [5.41, 5.74) is 3.66. The van der Waals surface area contributed by atoms with Gasteiger partial charge in [-0.05, 0) is 24.6 Å². The lowest BCUT2D eigenvalue weighted by atomic mass is 10.2. The van der Waals surface area contributed by atoms with E-state index < -0.39 is 10.0 Å². The van der Waals surface area contributed by atoms with Crippen molar-refractivity contribution in [1.82, 2.24) is 9.29 Å². The molecule has 2 aromatic rings. The molecule has 0 saturated carbocycles. The standard InChI is InChI=1S/C13H15BrN2O2S2/c1-10-13(19-9-15-10)8-16(2)20(17,18)12-5-3-11(7-14)4-6-12/h3-6,9H,7-8H2,1-2H3. The summed E-state index contributed by atoms with van der Waals surface area (Å²) in [6.07, 6.45) is 0. The van der Waals surface area contributed by atoms with Gasteiger partial charge >= 0.3 is 0 Å². The molecule has 0 amide bonds. The van der Waals surface area contributed by atoms with Gasteiger partial charge in [0, 0.05) is 23.8 Å². The Morgan fingerprint density at radius 3 is 2.45 bits per heavy atom. The van der Waals surface area contributed by atoms with E-state index in [9.17, 15) is 8.42 Å². The van der Waals surface area contributed by atoms with Gasteiger partial charge in [0.25, 0.3) is 0 Å². The van der Waals surface area contributed by atoms with Crippen molar-refractivity contribution >= 4 is 37.3 Å². The number of benzene rings is 1.